The summed E-state index contributed by atoms with van der Waals surface area (Å²) in [6.45, 7) is 3.94. The molecule has 0 aliphatic rings. The number of amides is 1. The summed E-state index contributed by atoms with van der Waals surface area (Å²) in [6, 6.07) is 11.9. The van der Waals surface area contributed by atoms with Crippen LogP contribution in [-0.2, 0) is 0 Å². The number of rotatable bonds is 3. The third-order valence-electron chi connectivity index (χ3n) is 3.50. The molecular weight excluding hydrogens is 278 g/mol. The Morgan fingerprint density at radius 1 is 1.18 bits per heavy atom. The van der Waals surface area contributed by atoms with Crippen LogP contribution < -0.4 is 5.32 Å². The van der Waals surface area contributed by atoms with Crippen LogP contribution in [0.2, 0.25) is 0 Å². The van der Waals surface area contributed by atoms with Gasteiger partial charge in [0.1, 0.15) is 5.82 Å². The molecule has 1 amide bonds. The molecule has 3 aromatic rings. The average Bonchev–Trinajstić information content (AvgIpc) is 3.06. The van der Waals surface area contributed by atoms with E-state index in [1.807, 2.05) is 50.2 Å². The first-order valence-corrected chi connectivity index (χ1v) is 6.88. The second kappa shape index (κ2) is 5.81. The number of carbonyl (C=O) groups excluding carboxylic acids is 1. The van der Waals surface area contributed by atoms with E-state index < -0.39 is 0 Å². The minimum absolute atomic E-state index is 0.154. The molecule has 0 radical (unpaired) electrons. The number of hydrogen-bond acceptors (Lipinski definition) is 4. The van der Waals surface area contributed by atoms with E-state index in [4.69, 9.17) is 4.42 Å². The van der Waals surface area contributed by atoms with Gasteiger partial charge >= 0.3 is 0 Å². The molecule has 0 aliphatic heterocycles. The van der Waals surface area contributed by atoms with E-state index >= 15 is 0 Å². The molecule has 0 spiro atoms. The van der Waals surface area contributed by atoms with Crippen LogP contribution in [0.3, 0.4) is 0 Å². The zero-order valence-electron chi connectivity index (χ0n) is 12.3. The van der Waals surface area contributed by atoms with Gasteiger partial charge in [-0.3, -0.25) is 4.79 Å². The number of aryl methyl sites for hydroxylation is 1. The molecule has 22 heavy (non-hydrogen) atoms. The van der Waals surface area contributed by atoms with Crippen molar-refractivity contribution in [2.45, 2.75) is 13.8 Å². The van der Waals surface area contributed by atoms with Gasteiger partial charge in [0.2, 0.25) is 5.76 Å². The molecule has 2 heterocycles. The molecule has 0 bridgehead atoms. The minimum atomic E-state index is -0.368. The molecular formula is C17H15N3O2. The van der Waals surface area contributed by atoms with E-state index in [-0.39, 0.29) is 11.7 Å². The van der Waals surface area contributed by atoms with Crippen LogP contribution in [0.25, 0.3) is 11.1 Å². The Kier molecular flexibility index (Phi) is 3.70. The Labute approximate surface area is 128 Å². The largest absolute Gasteiger partial charge is 0.438 e. The Morgan fingerprint density at radius 2 is 1.95 bits per heavy atom. The Balaban J connectivity index is 1.96. The van der Waals surface area contributed by atoms with Crippen molar-refractivity contribution >= 4 is 11.7 Å². The van der Waals surface area contributed by atoms with Gasteiger partial charge in [0.15, 0.2) is 6.39 Å². The predicted octanol–water partition coefficient (Wildman–Crippen LogP) is 3.61. The topological polar surface area (TPSA) is 68.0 Å². The lowest BCUT2D eigenvalue weighted by Gasteiger charge is -2.12. The average molecular weight is 293 g/mol. The molecule has 5 heteroatoms. The van der Waals surface area contributed by atoms with E-state index in [0.717, 1.165) is 22.4 Å². The van der Waals surface area contributed by atoms with Crippen molar-refractivity contribution < 1.29 is 9.21 Å². The van der Waals surface area contributed by atoms with E-state index in [9.17, 15) is 4.79 Å². The van der Waals surface area contributed by atoms with Gasteiger partial charge in [-0.15, -0.1) is 0 Å². The van der Waals surface area contributed by atoms with Crippen molar-refractivity contribution in [3.8, 4) is 11.1 Å². The molecule has 2 aromatic heterocycles. The SMILES string of the molecule is Cc1nc(NC(=O)c2cnco2)cc(-c2ccccc2)c1C. The summed E-state index contributed by atoms with van der Waals surface area (Å²) in [7, 11) is 0. The van der Waals surface area contributed by atoms with Gasteiger partial charge in [0, 0.05) is 5.69 Å². The van der Waals surface area contributed by atoms with Gasteiger partial charge in [0.25, 0.3) is 5.91 Å². The van der Waals surface area contributed by atoms with E-state index in [2.05, 4.69) is 15.3 Å². The summed E-state index contributed by atoms with van der Waals surface area (Å²) < 4.78 is 4.99. The number of anilines is 1. The van der Waals surface area contributed by atoms with Crippen LogP contribution in [-0.4, -0.2) is 15.9 Å². The lowest BCUT2D eigenvalue weighted by atomic mass is 10.0. The van der Waals surface area contributed by atoms with Gasteiger partial charge in [-0.2, -0.15) is 0 Å². The highest BCUT2D eigenvalue weighted by atomic mass is 16.3. The van der Waals surface area contributed by atoms with Crippen LogP contribution in [0.15, 0.2) is 53.4 Å². The van der Waals surface area contributed by atoms with Crippen molar-refractivity contribution in [2.24, 2.45) is 0 Å². The van der Waals surface area contributed by atoms with Crippen LogP contribution in [0.4, 0.5) is 5.82 Å². The fourth-order valence-electron chi connectivity index (χ4n) is 2.22. The molecule has 3 rings (SSSR count). The third kappa shape index (κ3) is 2.74. The lowest BCUT2D eigenvalue weighted by molar-refractivity contribution is 0.0996. The minimum Gasteiger partial charge on any atom is -0.438 e. The fraction of sp³-hybridized carbons (Fsp3) is 0.118. The van der Waals surface area contributed by atoms with E-state index in [0.29, 0.717) is 5.82 Å². The highest BCUT2D eigenvalue weighted by molar-refractivity contribution is 6.01. The third-order valence-corrected chi connectivity index (χ3v) is 3.50. The standard InChI is InChI=1S/C17H15N3O2/c1-11-12(2)19-16(20-17(21)15-9-18-10-22-15)8-14(11)13-6-4-3-5-7-13/h3-10H,1-2H3,(H,19,20,21). The normalized spacial score (nSPS) is 10.5. The lowest BCUT2D eigenvalue weighted by Crippen LogP contribution is -2.13. The summed E-state index contributed by atoms with van der Waals surface area (Å²) >= 11 is 0. The fourth-order valence-corrected chi connectivity index (χ4v) is 2.22. The number of pyridine rings is 1. The van der Waals surface area contributed by atoms with E-state index in [1.54, 1.807) is 0 Å². The van der Waals surface area contributed by atoms with Crippen LogP contribution in [0.1, 0.15) is 21.8 Å². The molecule has 1 N–H and O–H groups in total. The van der Waals surface area contributed by atoms with Gasteiger partial charge in [-0.25, -0.2) is 9.97 Å². The Hall–Kier alpha value is -2.95. The zero-order chi connectivity index (χ0) is 15.5. The van der Waals surface area contributed by atoms with Crippen LogP contribution in [0, 0.1) is 13.8 Å². The number of oxazole rings is 1. The summed E-state index contributed by atoms with van der Waals surface area (Å²) in [5, 5.41) is 2.74. The summed E-state index contributed by atoms with van der Waals surface area (Å²) in [5.74, 6) is 0.275. The zero-order valence-corrected chi connectivity index (χ0v) is 12.3. The van der Waals surface area contributed by atoms with Crippen LogP contribution >= 0.6 is 0 Å². The summed E-state index contributed by atoms with van der Waals surface area (Å²) in [4.78, 5) is 20.2. The van der Waals surface area contributed by atoms with Crippen molar-refractivity contribution in [1.82, 2.24) is 9.97 Å². The molecule has 0 saturated heterocycles. The second-order valence-corrected chi connectivity index (χ2v) is 4.95. The molecule has 1 aromatic carbocycles. The number of hydrogen-bond donors (Lipinski definition) is 1. The maximum Gasteiger partial charge on any atom is 0.294 e. The van der Waals surface area contributed by atoms with E-state index in [1.165, 1.54) is 12.6 Å². The van der Waals surface area contributed by atoms with Gasteiger partial charge in [-0.1, -0.05) is 30.3 Å². The molecule has 0 aliphatic carbocycles. The van der Waals surface area contributed by atoms with Gasteiger partial charge in [0.05, 0.1) is 6.20 Å². The van der Waals surface area contributed by atoms with Crippen molar-refractivity contribution in [3.63, 3.8) is 0 Å². The van der Waals surface area contributed by atoms with Crippen LogP contribution in [0.5, 0.6) is 0 Å². The first kappa shape index (κ1) is 14.0. The molecule has 0 atom stereocenters. The predicted molar refractivity (Wildman–Crippen MR) is 83.6 cm³/mol. The smallest absolute Gasteiger partial charge is 0.294 e. The second-order valence-electron chi connectivity index (χ2n) is 4.95. The van der Waals surface area contributed by atoms with Crippen molar-refractivity contribution in [1.29, 1.82) is 0 Å². The maximum absolute atomic E-state index is 12.0. The first-order valence-electron chi connectivity index (χ1n) is 6.88. The number of aromatic nitrogens is 2. The highest BCUT2D eigenvalue weighted by Crippen LogP contribution is 2.27. The first-order chi connectivity index (χ1) is 10.6. The summed E-state index contributed by atoms with van der Waals surface area (Å²) in [5.41, 5.74) is 4.08. The number of nitrogens with one attached hydrogen (secondary N) is 1. The summed E-state index contributed by atoms with van der Waals surface area (Å²) in [6.07, 6.45) is 2.59. The van der Waals surface area contributed by atoms with Crippen molar-refractivity contribution in [3.05, 3.63) is 66.0 Å². The molecule has 0 saturated carbocycles. The monoisotopic (exact) mass is 293 g/mol. The molecule has 0 fully saturated rings. The number of carbonyl (C=O) groups is 1. The quantitative estimate of drug-likeness (QED) is 0.801. The molecule has 5 nitrogen and oxygen atoms in total. The Bertz CT molecular complexity index is 796. The molecule has 110 valence electrons. The number of benzene rings is 1. The highest BCUT2D eigenvalue weighted by Gasteiger charge is 2.13. The van der Waals surface area contributed by atoms with Gasteiger partial charge in [-0.05, 0) is 36.6 Å². The van der Waals surface area contributed by atoms with Gasteiger partial charge < -0.3 is 9.73 Å². The molecule has 0 unspecified atom stereocenters. The Morgan fingerprint density at radius 3 is 2.64 bits per heavy atom. The maximum atomic E-state index is 12.0. The number of nitrogens with zero attached hydrogens (tertiary/aromatic N) is 2. The van der Waals surface area contributed by atoms with Crippen molar-refractivity contribution in [2.75, 3.05) is 5.32 Å².